The SMILES string of the molecule is C[C@@H](NC(=O)CCc1ccccc1F)c1ccc2c(c1)CCC2. The average Bonchev–Trinajstić information content (AvgIpc) is 3.01. The van der Waals surface area contributed by atoms with E-state index in [-0.39, 0.29) is 17.8 Å². The molecule has 0 heterocycles. The number of carbonyl (C=O) groups excluding carboxylic acids is 1. The highest BCUT2D eigenvalue weighted by molar-refractivity contribution is 5.76. The van der Waals surface area contributed by atoms with Crippen LogP contribution in [0.3, 0.4) is 0 Å². The van der Waals surface area contributed by atoms with Crippen molar-refractivity contribution in [1.29, 1.82) is 0 Å². The van der Waals surface area contributed by atoms with E-state index in [1.54, 1.807) is 18.2 Å². The van der Waals surface area contributed by atoms with Crippen LogP contribution in [0, 0.1) is 5.82 Å². The van der Waals surface area contributed by atoms with E-state index < -0.39 is 0 Å². The topological polar surface area (TPSA) is 29.1 Å². The van der Waals surface area contributed by atoms with Crippen LogP contribution in [0.15, 0.2) is 42.5 Å². The lowest BCUT2D eigenvalue weighted by Crippen LogP contribution is -2.27. The maximum atomic E-state index is 13.6. The van der Waals surface area contributed by atoms with E-state index in [2.05, 4.69) is 23.5 Å². The number of amides is 1. The fourth-order valence-electron chi connectivity index (χ4n) is 3.21. The fourth-order valence-corrected chi connectivity index (χ4v) is 3.21. The number of rotatable bonds is 5. The fraction of sp³-hybridized carbons (Fsp3) is 0.350. The van der Waals surface area contributed by atoms with Gasteiger partial charge in [0.2, 0.25) is 5.91 Å². The number of nitrogens with one attached hydrogen (secondary N) is 1. The number of aryl methyl sites for hydroxylation is 3. The Hall–Kier alpha value is -2.16. The Labute approximate surface area is 136 Å². The summed E-state index contributed by atoms with van der Waals surface area (Å²) in [5.74, 6) is -0.284. The second-order valence-corrected chi connectivity index (χ2v) is 6.26. The Bertz CT molecular complexity index is 711. The summed E-state index contributed by atoms with van der Waals surface area (Å²) >= 11 is 0. The predicted molar refractivity (Wildman–Crippen MR) is 89.7 cm³/mol. The zero-order valence-electron chi connectivity index (χ0n) is 13.4. The van der Waals surface area contributed by atoms with E-state index in [4.69, 9.17) is 0 Å². The maximum absolute atomic E-state index is 13.6. The van der Waals surface area contributed by atoms with Gasteiger partial charge in [-0.25, -0.2) is 4.39 Å². The van der Waals surface area contributed by atoms with Crippen molar-refractivity contribution in [2.75, 3.05) is 0 Å². The molecular weight excluding hydrogens is 289 g/mol. The smallest absolute Gasteiger partial charge is 0.220 e. The molecule has 0 radical (unpaired) electrons. The van der Waals surface area contributed by atoms with Gasteiger partial charge in [0.05, 0.1) is 6.04 Å². The number of fused-ring (bicyclic) bond motifs is 1. The summed E-state index contributed by atoms with van der Waals surface area (Å²) in [7, 11) is 0. The van der Waals surface area contributed by atoms with Crippen LogP contribution in [0.5, 0.6) is 0 Å². The third-order valence-electron chi connectivity index (χ3n) is 4.58. The first-order chi connectivity index (χ1) is 11.1. The highest BCUT2D eigenvalue weighted by Gasteiger charge is 2.15. The van der Waals surface area contributed by atoms with E-state index in [0.717, 1.165) is 12.0 Å². The van der Waals surface area contributed by atoms with Crippen molar-refractivity contribution in [2.24, 2.45) is 0 Å². The molecule has 0 aliphatic heterocycles. The van der Waals surface area contributed by atoms with Gasteiger partial charge in [0.15, 0.2) is 0 Å². The van der Waals surface area contributed by atoms with E-state index in [0.29, 0.717) is 18.4 Å². The lowest BCUT2D eigenvalue weighted by atomic mass is 10.0. The molecule has 0 saturated carbocycles. The van der Waals surface area contributed by atoms with Gasteiger partial charge in [-0.3, -0.25) is 4.79 Å². The molecule has 2 nitrogen and oxygen atoms in total. The van der Waals surface area contributed by atoms with Crippen LogP contribution in [-0.4, -0.2) is 5.91 Å². The molecule has 120 valence electrons. The molecule has 0 bridgehead atoms. The summed E-state index contributed by atoms with van der Waals surface area (Å²) in [6, 6.07) is 13.1. The molecule has 2 aromatic carbocycles. The number of hydrogen-bond donors (Lipinski definition) is 1. The Morgan fingerprint density at radius 3 is 2.78 bits per heavy atom. The summed E-state index contributed by atoms with van der Waals surface area (Å²) in [6.45, 7) is 2.00. The monoisotopic (exact) mass is 311 g/mol. The largest absolute Gasteiger partial charge is 0.350 e. The summed E-state index contributed by atoms with van der Waals surface area (Å²) in [5, 5.41) is 3.02. The quantitative estimate of drug-likeness (QED) is 0.884. The molecule has 0 unspecified atom stereocenters. The molecule has 2 aromatic rings. The minimum atomic E-state index is -0.244. The molecule has 1 amide bonds. The normalized spacial score (nSPS) is 14.3. The molecule has 0 spiro atoms. The van der Waals surface area contributed by atoms with Crippen molar-refractivity contribution in [3.05, 3.63) is 70.5 Å². The summed E-state index contributed by atoms with van der Waals surface area (Å²) < 4.78 is 13.6. The second-order valence-electron chi connectivity index (χ2n) is 6.26. The number of hydrogen-bond acceptors (Lipinski definition) is 1. The van der Waals surface area contributed by atoms with Gasteiger partial charge >= 0.3 is 0 Å². The minimum Gasteiger partial charge on any atom is -0.350 e. The van der Waals surface area contributed by atoms with Gasteiger partial charge in [-0.2, -0.15) is 0 Å². The van der Waals surface area contributed by atoms with Crippen LogP contribution >= 0.6 is 0 Å². The van der Waals surface area contributed by atoms with Crippen molar-refractivity contribution < 1.29 is 9.18 Å². The van der Waals surface area contributed by atoms with Gasteiger partial charge in [0.25, 0.3) is 0 Å². The third kappa shape index (κ3) is 3.79. The van der Waals surface area contributed by atoms with Crippen LogP contribution in [0.1, 0.15) is 48.1 Å². The van der Waals surface area contributed by atoms with Gasteiger partial charge in [0, 0.05) is 6.42 Å². The van der Waals surface area contributed by atoms with Gasteiger partial charge in [0.1, 0.15) is 5.82 Å². The Balaban J connectivity index is 1.56. The van der Waals surface area contributed by atoms with E-state index in [9.17, 15) is 9.18 Å². The molecule has 23 heavy (non-hydrogen) atoms. The van der Waals surface area contributed by atoms with Crippen LogP contribution in [0.25, 0.3) is 0 Å². The van der Waals surface area contributed by atoms with E-state index >= 15 is 0 Å². The van der Waals surface area contributed by atoms with Gasteiger partial charge in [-0.15, -0.1) is 0 Å². The van der Waals surface area contributed by atoms with Gasteiger partial charge < -0.3 is 5.32 Å². The van der Waals surface area contributed by atoms with Crippen molar-refractivity contribution in [1.82, 2.24) is 5.32 Å². The van der Waals surface area contributed by atoms with Crippen molar-refractivity contribution in [3.8, 4) is 0 Å². The number of benzene rings is 2. The molecule has 0 aromatic heterocycles. The van der Waals surface area contributed by atoms with Crippen LogP contribution < -0.4 is 5.32 Å². The standard InChI is InChI=1S/C20H22FNO/c1-14(17-10-9-15-6-4-7-18(15)13-17)22-20(23)12-11-16-5-2-3-8-19(16)21/h2-3,5,8-10,13-14H,4,6-7,11-12H2,1H3,(H,22,23)/t14-/m1/s1. The Morgan fingerprint density at radius 2 is 1.96 bits per heavy atom. The van der Waals surface area contributed by atoms with Crippen LogP contribution in [0.4, 0.5) is 4.39 Å². The highest BCUT2D eigenvalue weighted by atomic mass is 19.1. The first kappa shape index (κ1) is 15.7. The lowest BCUT2D eigenvalue weighted by molar-refractivity contribution is -0.121. The van der Waals surface area contributed by atoms with Gasteiger partial charge in [-0.05, 0) is 60.9 Å². The van der Waals surface area contributed by atoms with Crippen molar-refractivity contribution in [2.45, 2.75) is 45.1 Å². The zero-order valence-corrected chi connectivity index (χ0v) is 13.4. The molecule has 3 heteroatoms. The molecule has 1 N–H and O–H groups in total. The molecule has 1 aliphatic rings. The predicted octanol–water partition coefficient (Wildman–Crippen LogP) is 4.12. The molecular formula is C20H22FNO. The van der Waals surface area contributed by atoms with Crippen LogP contribution in [-0.2, 0) is 24.1 Å². The highest BCUT2D eigenvalue weighted by Crippen LogP contribution is 2.25. The first-order valence-electron chi connectivity index (χ1n) is 8.28. The summed E-state index contributed by atoms with van der Waals surface area (Å²) in [6.07, 6.45) is 4.25. The number of halogens is 1. The van der Waals surface area contributed by atoms with Gasteiger partial charge in [-0.1, -0.05) is 36.4 Å². The van der Waals surface area contributed by atoms with Crippen LogP contribution in [0.2, 0.25) is 0 Å². The molecule has 0 fully saturated rings. The maximum Gasteiger partial charge on any atom is 0.220 e. The first-order valence-corrected chi connectivity index (χ1v) is 8.28. The van der Waals surface area contributed by atoms with E-state index in [1.807, 2.05) is 6.92 Å². The minimum absolute atomic E-state index is 0.0194. The van der Waals surface area contributed by atoms with E-state index in [1.165, 1.54) is 30.0 Å². The molecule has 1 atom stereocenters. The molecule has 3 rings (SSSR count). The summed E-state index contributed by atoms with van der Waals surface area (Å²) in [4.78, 5) is 12.1. The third-order valence-corrected chi connectivity index (χ3v) is 4.58. The Morgan fingerprint density at radius 1 is 1.17 bits per heavy atom. The molecule has 1 aliphatic carbocycles. The van der Waals surface area contributed by atoms with Crippen molar-refractivity contribution in [3.63, 3.8) is 0 Å². The van der Waals surface area contributed by atoms with Crippen molar-refractivity contribution >= 4 is 5.91 Å². The Kier molecular flexibility index (Phi) is 4.75. The summed E-state index contributed by atoms with van der Waals surface area (Å²) in [5.41, 5.74) is 4.58. The molecule has 0 saturated heterocycles. The zero-order chi connectivity index (χ0) is 16.2. The number of carbonyl (C=O) groups is 1. The average molecular weight is 311 g/mol. The second kappa shape index (κ2) is 6.95. The lowest BCUT2D eigenvalue weighted by Gasteiger charge is -2.16.